The first-order valence-corrected chi connectivity index (χ1v) is 29.8. The summed E-state index contributed by atoms with van der Waals surface area (Å²) in [4.78, 5) is 0. The molecule has 400 valence electrons. The number of benzene rings is 17. The smallest absolute Gasteiger partial charge is 0.00262 e. The van der Waals surface area contributed by atoms with Crippen molar-refractivity contribution in [3.8, 4) is 77.9 Å². The summed E-state index contributed by atoms with van der Waals surface area (Å²) in [5, 5.41) is 20.3. The highest BCUT2D eigenvalue weighted by molar-refractivity contribution is 6.23. The van der Waals surface area contributed by atoms with Crippen LogP contribution >= 0.6 is 0 Å². The third-order valence-electron chi connectivity index (χ3n) is 17.6. The maximum absolute atomic E-state index is 2.36. The zero-order chi connectivity index (χ0) is 56.9. The molecule has 0 aliphatic heterocycles. The molecule has 0 bridgehead atoms. The fourth-order valence-electron chi connectivity index (χ4n) is 13.6. The van der Waals surface area contributed by atoms with Crippen molar-refractivity contribution in [2.45, 2.75) is 0 Å². The molecule has 0 amide bonds. The first-order chi connectivity index (χ1) is 42.6. The predicted octanol–water partition coefficient (Wildman–Crippen LogP) is 24.3. The van der Waals surface area contributed by atoms with Crippen molar-refractivity contribution in [3.05, 3.63) is 340 Å². The van der Waals surface area contributed by atoms with E-state index in [2.05, 4.69) is 340 Å². The molecule has 0 N–H and O–H groups in total. The van der Waals surface area contributed by atoms with Crippen molar-refractivity contribution in [2.75, 3.05) is 0 Å². The molecule has 0 spiro atoms. The molecule has 17 aromatic carbocycles. The highest BCUT2D eigenvalue weighted by Crippen LogP contribution is 2.47. The molecule has 0 saturated carbocycles. The molecule has 0 aliphatic rings. The molecule has 0 aromatic heterocycles. The Morgan fingerprint density at radius 1 is 0.116 bits per heavy atom. The molecule has 0 aliphatic carbocycles. The number of hydrogen-bond acceptors (Lipinski definition) is 0. The van der Waals surface area contributed by atoms with Gasteiger partial charge in [-0.3, -0.25) is 0 Å². The third kappa shape index (κ3) is 9.04. The molecule has 0 nitrogen and oxygen atoms in total. The van der Waals surface area contributed by atoms with Gasteiger partial charge in [0, 0.05) is 0 Å². The van der Waals surface area contributed by atoms with Crippen LogP contribution in [0.4, 0.5) is 0 Å². The van der Waals surface area contributed by atoms with Gasteiger partial charge in [-0.05, 0) is 200 Å². The van der Waals surface area contributed by atoms with E-state index in [1.165, 1.54) is 164 Å². The topological polar surface area (TPSA) is 0 Å². The lowest BCUT2D eigenvalue weighted by atomic mass is 9.85. The van der Waals surface area contributed by atoms with Crippen molar-refractivity contribution >= 4 is 86.2 Å². The summed E-state index contributed by atoms with van der Waals surface area (Å²) in [6.07, 6.45) is 0. The number of hydrogen-bond donors (Lipinski definition) is 0. The minimum atomic E-state index is 1.23. The van der Waals surface area contributed by atoms with Crippen molar-refractivity contribution < 1.29 is 0 Å². The SMILES string of the molecule is c1ccc(-c2c3ccccc3c(-c3ccc4cc(-c5cccc6ccccc56)ccc4c3)c3ccccc23)cc1.c1ccc(-c2ccc3cc(-c4ccc5cc(-c6c7ccccc7c(-c7ccccc7)c7ccccc67)ccc5c4)ccc3c2)cc1. The van der Waals surface area contributed by atoms with E-state index in [-0.39, 0.29) is 0 Å². The molecule has 86 heavy (non-hydrogen) atoms. The average Bonchev–Trinajstić information content (AvgIpc) is 1.20. The molecule has 0 atom stereocenters. The van der Waals surface area contributed by atoms with E-state index in [1.807, 2.05) is 0 Å². The fraction of sp³-hybridized carbons (Fsp3) is 0. The average molecular weight is 1090 g/mol. The van der Waals surface area contributed by atoms with Crippen molar-refractivity contribution in [1.29, 1.82) is 0 Å². The van der Waals surface area contributed by atoms with Gasteiger partial charge in [-0.2, -0.15) is 0 Å². The molecule has 17 aromatic rings. The second-order valence-corrected chi connectivity index (χ2v) is 22.6. The molecule has 0 fully saturated rings. The summed E-state index contributed by atoms with van der Waals surface area (Å²) >= 11 is 0. The van der Waals surface area contributed by atoms with E-state index in [0.717, 1.165) is 0 Å². The predicted molar refractivity (Wildman–Crippen MR) is 371 cm³/mol. The van der Waals surface area contributed by atoms with Crippen molar-refractivity contribution in [2.24, 2.45) is 0 Å². The molecule has 0 unspecified atom stereocenters. The summed E-state index contributed by atoms with van der Waals surface area (Å²) in [6.45, 7) is 0. The van der Waals surface area contributed by atoms with Gasteiger partial charge in [-0.25, -0.2) is 0 Å². The first kappa shape index (κ1) is 50.5. The largest absolute Gasteiger partial charge is 0.0622 e. The van der Waals surface area contributed by atoms with E-state index in [4.69, 9.17) is 0 Å². The van der Waals surface area contributed by atoms with Gasteiger partial charge in [0.1, 0.15) is 0 Å². The highest BCUT2D eigenvalue weighted by Gasteiger charge is 2.19. The summed E-state index contributed by atoms with van der Waals surface area (Å²) in [5.74, 6) is 0. The third-order valence-corrected chi connectivity index (χ3v) is 17.6. The lowest BCUT2D eigenvalue weighted by Crippen LogP contribution is -1.91. The molecule has 0 radical (unpaired) electrons. The van der Waals surface area contributed by atoms with E-state index < -0.39 is 0 Å². The molecular weight excluding hydrogens is 1030 g/mol. The number of rotatable bonds is 7. The van der Waals surface area contributed by atoms with Crippen LogP contribution in [0.25, 0.3) is 164 Å². The van der Waals surface area contributed by atoms with Crippen LogP contribution in [0, 0.1) is 0 Å². The van der Waals surface area contributed by atoms with Crippen molar-refractivity contribution in [1.82, 2.24) is 0 Å². The lowest BCUT2D eigenvalue weighted by Gasteiger charge is -2.18. The quantitative estimate of drug-likeness (QED) is 0.140. The highest BCUT2D eigenvalue weighted by atomic mass is 14.2. The Labute approximate surface area is 500 Å². The maximum Gasteiger partial charge on any atom is -0.00262 e. The van der Waals surface area contributed by atoms with E-state index in [9.17, 15) is 0 Å². The van der Waals surface area contributed by atoms with Gasteiger partial charge >= 0.3 is 0 Å². The van der Waals surface area contributed by atoms with Gasteiger partial charge < -0.3 is 0 Å². The van der Waals surface area contributed by atoms with E-state index in [1.54, 1.807) is 0 Å². The summed E-state index contributed by atoms with van der Waals surface area (Å²) in [7, 11) is 0. The van der Waals surface area contributed by atoms with Gasteiger partial charge in [0.15, 0.2) is 0 Å². The summed E-state index contributed by atoms with van der Waals surface area (Å²) in [5.41, 5.74) is 17.7. The van der Waals surface area contributed by atoms with Gasteiger partial charge in [0.2, 0.25) is 0 Å². The van der Waals surface area contributed by atoms with Gasteiger partial charge in [-0.1, -0.05) is 303 Å². The number of fused-ring (bicyclic) bond motifs is 8. The Hall–Kier alpha value is -11.2. The molecule has 0 saturated heterocycles. The maximum atomic E-state index is 2.36. The Bertz CT molecular complexity index is 5330. The van der Waals surface area contributed by atoms with Crippen molar-refractivity contribution in [3.63, 3.8) is 0 Å². The Morgan fingerprint density at radius 2 is 0.360 bits per heavy atom. The standard InChI is InChI=1S/C46H30.C40H26/c1-3-11-31(12-4-1)33-19-20-35-28-36(22-21-34(35)27-33)37-23-24-39-30-40(26-25-38(39)29-37)46-43-17-9-7-15-41(43)45(32-13-5-2-6-14-32)42-16-8-10-18-44(42)46;1-2-12-28(13-3-1)39-35-16-6-8-18-37(35)40(38-19-9-7-17-36(38)39)32-24-22-29-25-31(23-21-30(29)26-32)34-20-10-14-27-11-4-5-15-33(27)34/h1-30H;1-26H. The van der Waals surface area contributed by atoms with Crippen LogP contribution in [0.3, 0.4) is 0 Å². The van der Waals surface area contributed by atoms with E-state index >= 15 is 0 Å². The zero-order valence-corrected chi connectivity index (χ0v) is 47.3. The van der Waals surface area contributed by atoms with Crippen LogP contribution in [0.2, 0.25) is 0 Å². The fourth-order valence-corrected chi connectivity index (χ4v) is 13.6. The lowest BCUT2D eigenvalue weighted by molar-refractivity contribution is 1.63. The normalized spacial score (nSPS) is 11.5. The van der Waals surface area contributed by atoms with Gasteiger partial charge in [-0.15, -0.1) is 0 Å². The van der Waals surface area contributed by atoms with Crippen LogP contribution in [0.5, 0.6) is 0 Å². The summed E-state index contributed by atoms with van der Waals surface area (Å²) < 4.78 is 0. The molecule has 17 rings (SSSR count). The van der Waals surface area contributed by atoms with Crippen LogP contribution in [-0.2, 0) is 0 Å². The monoisotopic (exact) mass is 1090 g/mol. The van der Waals surface area contributed by atoms with Crippen LogP contribution in [-0.4, -0.2) is 0 Å². The zero-order valence-electron chi connectivity index (χ0n) is 47.3. The second kappa shape index (κ2) is 21.5. The van der Waals surface area contributed by atoms with Gasteiger partial charge in [0.05, 0.1) is 0 Å². The molecule has 0 heterocycles. The molecular formula is C86H56. The first-order valence-electron chi connectivity index (χ1n) is 29.8. The van der Waals surface area contributed by atoms with Crippen LogP contribution in [0.15, 0.2) is 340 Å². The molecule has 0 heteroatoms. The van der Waals surface area contributed by atoms with Crippen LogP contribution in [0.1, 0.15) is 0 Å². The van der Waals surface area contributed by atoms with Crippen LogP contribution < -0.4 is 0 Å². The van der Waals surface area contributed by atoms with Gasteiger partial charge in [0.25, 0.3) is 0 Å². The minimum Gasteiger partial charge on any atom is -0.0622 e. The Morgan fingerprint density at radius 3 is 0.733 bits per heavy atom. The summed E-state index contributed by atoms with van der Waals surface area (Å²) in [6, 6.07) is 124. The minimum absolute atomic E-state index is 1.23. The Balaban J connectivity index is 0.000000141. The Kier molecular flexibility index (Phi) is 12.7. The van der Waals surface area contributed by atoms with E-state index in [0.29, 0.717) is 0 Å². The second-order valence-electron chi connectivity index (χ2n) is 22.6.